The molecule has 0 radical (unpaired) electrons. The molecule has 4 N–H and O–H groups in total. The highest BCUT2D eigenvalue weighted by atomic mass is 16.4. The molecular formula is C23H29N3O7. The van der Waals surface area contributed by atoms with Crippen LogP contribution in [0.2, 0.25) is 0 Å². The highest BCUT2D eigenvalue weighted by Gasteiger charge is 2.23. The molecule has 10 nitrogen and oxygen atoms in total. The number of hydrogen-bond acceptors (Lipinski definition) is 7. The summed E-state index contributed by atoms with van der Waals surface area (Å²) >= 11 is 0. The van der Waals surface area contributed by atoms with Gasteiger partial charge in [0.05, 0.1) is 12.8 Å². The molecule has 1 aliphatic carbocycles. The van der Waals surface area contributed by atoms with Gasteiger partial charge in [0.15, 0.2) is 0 Å². The van der Waals surface area contributed by atoms with Gasteiger partial charge in [-0.2, -0.15) is 0 Å². The van der Waals surface area contributed by atoms with Crippen LogP contribution >= 0.6 is 0 Å². The molecule has 0 unspecified atom stereocenters. The van der Waals surface area contributed by atoms with E-state index in [9.17, 15) is 19.2 Å². The third-order valence-electron chi connectivity index (χ3n) is 5.99. The second kappa shape index (κ2) is 11.0. The Morgan fingerprint density at radius 3 is 2.18 bits per heavy atom. The summed E-state index contributed by atoms with van der Waals surface area (Å²) in [6.07, 6.45) is 3.24. The second-order valence-electron chi connectivity index (χ2n) is 8.25. The first-order valence-electron chi connectivity index (χ1n) is 11.0. The number of hydrogen-bond donors (Lipinski definition) is 4. The van der Waals surface area contributed by atoms with Crippen LogP contribution < -0.4 is 21.2 Å². The summed E-state index contributed by atoms with van der Waals surface area (Å²) in [6, 6.07) is 6.85. The summed E-state index contributed by atoms with van der Waals surface area (Å²) in [5.41, 5.74) is -0.0610. The van der Waals surface area contributed by atoms with Gasteiger partial charge in [-0.05, 0) is 50.9 Å². The van der Waals surface area contributed by atoms with Crippen molar-refractivity contribution in [2.75, 3.05) is 25.0 Å². The van der Waals surface area contributed by atoms with Crippen molar-refractivity contribution >= 4 is 34.5 Å². The number of anilines is 1. The molecule has 1 aliphatic rings. The number of benzene rings is 1. The lowest BCUT2D eigenvalue weighted by atomic mass is 9.91. The zero-order chi connectivity index (χ0) is 24.0. The zero-order valence-electron chi connectivity index (χ0n) is 18.5. The van der Waals surface area contributed by atoms with Gasteiger partial charge >= 0.3 is 17.6 Å². The van der Waals surface area contributed by atoms with E-state index in [0.29, 0.717) is 17.1 Å². The van der Waals surface area contributed by atoms with Crippen LogP contribution in [0.1, 0.15) is 48.9 Å². The number of carbonyl (C=O) groups is 3. The molecule has 0 aliphatic heterocycles. The van der Waals surface area contributed by atoms with Crippen LogP contribution in [0.25, 0.3) is 11.0 Å². The van der Waals surface area contributed by atoms with E-state index in [0.717, 1.165) is 25.7 Å². The average molecular weight is 459 g/mol. The van der Waals surface area contributed by atoms with Crippen LogP contribution in [0.3, 0.4) is 0 Å². The normalized spacial score (nSPS) is 18.1. The largest absolute Gasteiger partial charge is 0.481 e. The number of fused-ring (bicyclic) bond motifs is 1. The Labute approximate surface area is 190 Å². The maximum absolute atomic E-state index is 12.7. The third kappa shape index (κ3) is 6.55. The lowest BCUT2D eigenvalue weighted by molar-refractivity contribution is -0.137. The van der Waals surface area contributed by atoms with E-state index in [2.05, 4.69) is 10.6 Å². The molecular weight excluding hydrogens is 430 g/mol. The van der Waals surface area contributed by atoms with Crippen LogP contribution in [-0.2, 0) is 9.59 Å². The van der Waals surface area contributed by atoms with E-state index < -0.39 is 23.5 Å². The zero-order valence-corrected chi connectivity index (χ0v) is 18.5. The summed E-state index contributed by atoms with van der Waals surface area (Å²) in [5.74, 6) is -2.47. The molecule has 0 spiro atoms. The van der Waals surface area contributed by atoms with Gasteiger partial charge < -0.3 is 30.2 Å². The predicted molar refractivity (Wildman–Crippen MR) is 122 cm³/mol. The fraction of sp³-hybridized carbons (Fsp3) is 0.478. The van der Waals surface area contributed by atoms with Crippen molar-refractivity contribution in [3.63, 3.8) is 0 Å². The van der Waals surface area contributed by atoms with Crippen LogP contribution in [0.15, 0.2) is 33.5 Å². The maximum Gasteiger partial charge on any atom is 0.349 e. The van der Waals surface area contributed by atoms with Gasteiger partial charge in [-0.15, -0.1) is 0 Å². The van der Waals surface area contributed by atoms with E-state index >= 15 is 0 Å². The molecule has 0 saturated heterocycles. The summed E-state index contributed by atoms with van der Waals surface area (Å²) in [5, 5.41) is 24.7. The summed E-state index contributed by atoms with van der Waals surface area (Å²) < 4.78 is 5.39. The summed E-state index contributed by atoms with van der Waals surface area (Å²) in [6.45, 7) is 0.212. The number of carbonyl (C=O) groups excluding carboxylic acids is 1. The Hall–Kier alpha value is -3.40. The van der Waals surface area contributed by atoms with Crippen molar-refractivity contribution in [2.24, 2.45) is 0 Å². The summed E-state index contributed by atoms with van der Waals surface area (Å²) in [7, 11) is 1.92. The SMILES string of the molecule is CNC1CCC(NC(=O)c2cc3ccc(N(CCC(=O)O)CCC(=O)O)cc3oc2=O)CC1. The minimum Gasteiger partial charge on any atom is -0.481 e. The molecule has 10 heteroatoms. The highest BCUT2D eigenvalue weighted by Crippen LogP contribution is 2.23. The number of amides is 1. The molecule has 1 heterocycles. The van der Waals surface area contributed by atoms with Crippen LogP contribution in [0.4, 0.5) is 5.69 Å². The molecule has 178 valence electrons. The lowest BCUT2D eigenvalue weighted by Crippen LogP contribution is -2.42. The average Bonchev–Trinajstić information content (AvgIpc) is 2.78. The Kier molecular flexibility index (Phi) is 8.05. The van der Waals surface area contributed by atoms with Gasteiger partial charge in [0.1, 0.15) is 11.1 Å². The van der Waals surface area contributed by atoms with Crippen molar-refractivity contribution in [2.45, 2.75) is 50.6 Å². The Balaban J connectivity index is 1.78. The third-order valence-corrected chi connectivity index (χ3v) is 5.99. The van der Waals surface area contributed by atoms with Crippen molar-refractivity contribution in [3.8, 4) is 0 Å². The van der Waals surface area contributed by atoms with Gasteiger partial charge in [-0.3, -0.25) is 14.4 Å². The smallest absolute Gasteiger partial charge is 0.349 e. The molecule has 0 atom stereocenters. The van der Waals surface area contributed by atoms with E-state index in [1.807, 2.05) is 7.05 Å². The number of nitrogens with one attached hydrogen (secondary N) is 2. The van der Waals surface area contributed by atoms with Gasteiger partial charge in [0, 0.05) is 42.3 Å². The first kappa shape index (κ1) is 24.2. The lowest BCUT2D eigenvalue weighted by Gasteiger charge is -2.28. The summed E-state index contributed by atoms with van der Waals surface area (Å²) in [4.78, 5) is 48.8. The molecule has 1 fully saturated rings. The van der Waals surface area contributed by atoms with Crippen molar-refractivity contribution < 1.29 is 29.0 Å². The van der Waals surface area contributed by atoms with Crippen molar-refractivity contribution in [1.82, 2.24) is 10.6 Å². The molecule has 1 aromatic heterocycles. The Morgan fingerprint density at radius 1 is 1.00 bits per heavy atom. The number of aliphatic carboxylic acids is 2. The van der Waals surface area contributed by atoms with Crippen LogP contribution in [0.5, 0.6) is 0 Å². The predicted octanol–water partition coefficient (Wildman–Crippen LogP) is 1.81. The van der Waals surface area contributed by atoms with Gasteiger partial charge in [0.25, 0.3) is 5.91 Å². The Morgan fingerprint density at radius 2 is 1.61 bits per heavy atom. The van der Waals surface area contributed by atoms with Gasteiger partial charge in [-0.1, -0.05) is 0 Å². The topological polar surface area (TPSA) is 149 Å². The fourth-order valence-corrected chi connectivity index (χ4v) is 4.08. The van der Waals surface area contributed by atoms with Gasteiger partial charge in [-0.25, -0.2) is 4.79 Å². The molecule has 3 rings (SSSR count). The first-order valence-corrected chi connectivity index (χ1v) is 11.0. The molecule has 0 bridgehead atoms. The molecule has 1 amide bonds. The first-order chi connectivity index (χ1) is 15.8. The van der Waals surface area contributed by atoms with E-state index in [1.54, 1.807) is 23.1 Å². The van der Waals surface area contributed by atoms with E-state index in [-0.39, 0.29) is 43.1 Å². The van der Waals surface area contributed by atoms with Crippen LogP contribution in [-0.4, -0.2) is 60.3 Å². The monoisotopic (exact) mass is 459 g/mol. The molecule has 1 saturated carbocycles. The molecule has 33 heavy (non-hydrogen) atoms. The maximum atomic E-state index is 12.7. The van der Waals surface area contributed by atoms with E-state index in [4.69, 9.17) is 14.6 Å². The molecule has 2 aromatic rings. The van der Waals surface area contributed by atoms with E-state index in [1.165, 1.54) is 6.07 Å². The number of carboxylic acid groups (broad SMARTS) is 2. The highest BCUT2D eigenvalue weighted by molar-refractivity contribution is 5.97. The Bertz CT molecular complexity index is 1060. The minimum atomic E-state index is -1.00. The minimum absolute atomic E-state index is 0.0107. The quantitative estimate of drug-likeness (QED) is 0.390. The van der Waals surface area contributed by atoms with Crippen molar-refractivity contribution in [1.29, 1.82) is 0 Å². The number of carboxylic acids is 2. The fourth-order valence-electron chi connectivity index (χ4n) is 4.08. The molecule has 1 aromatic carbocycles. The van der Waals surface area contributed by atoms with Gasteiger partial charge in [0.2, 0.25) is 0 Å². The number of rotatable bonds is 10. The standard InChI is InChI=1S/C23H29N3O7/c1-24-15-3-5-16(6-4-15)25-22(31)18-12-14-2-7-17(13-19(14)33-23(18)32)26(10-8-20(27)28)11-9-21(29)30/h2,7,12-13,15-16,24H,3-6,8-11H2,1H3,(H,25,31)(H,27,28)(H,29,30). The van der Waals surface area contributed by atoms with Crippen LogP contribution in [0, 0.1) is 0 Å². The van der Waals surface area contributed by atoms with Crippen molar-refractivity contribution in [3.05, 3.63) is 40.2 Å². The number of nitrogens with zero attached hydrogens (tertiary/aromatic N) is 1. The second-order valence-corrected chi connectivity index (χ2v) is 8.25.